The van der Waals surface area contributed by atoms with Gasteiger partial charge >= 0.3 is 12.1 Å². The van der Waals surface area contributed by atoms with E-state index >= 15 is 0 Å². The molecule has 0 spiro atoms. The molecule has 9 heteroatoms. The summed E-state index contributed by atoms with van der Waals surface area (Å²) in [5.74, 6) is -2.76. The highest BCUT2D eigenvalue weighted by Gasteiger charge is 2.46. The molecule has 0 aliphatic carbocycles. The maximum Gasteiger partial charge on any atom is 0.490 e. The van der Waals surface area contributed by atoms with Gasteiger partial charge in [-0.3, -0.25) is 4.90 Å². The monoisotopic (exact) mass is 421 g/mol. The molecule has 3 rings (SSSR count). The van der Waals surface area contributed by atoms with Gasteiger partial charge in [-0.25, -0.2) is 4.79 Å². The first-order valence-electron chi connectivity index (χ1n) is 9.10. The highest BCUT2D eigenvalue weighted by Crippen LogP contribution is 2.40. The van der Waals surface area contributed by atoms with Crippen LogP contribution in [0, 0.1) is 5.41 Å². The minimum absolute atomic E-state index is 0.176. The summed E-state index contributed by atoms with van der Waals surface area (Å²) in [6.07, 6.45) is 0.618. The fraction of sp³-hybridized carbons (Fsp3) is 0.632. The van der Waals surface area contributed by atoms with Crippen molar-refractivity contribution in [3.05, 3.63) is 35.0 Å². The molecule has 1 aromatic heterocycles. The molecule has 0 bridgehead atoms. The summed E-state index contributed by atoms with van der Waals surface area (Å²) in [5.41, 5.74) is 1.60. The minimum atomic E-state index is -5.08. The average molecular weight is 421 g/mol. The van der Waals surface area contributed by atoms with Crippen molar-refractivity contribution in [3.8, 4) is 0 Å². The van der Waals surface area contributed by atoms with E-state index in [-0.39, 0.29) is 5.41 Å². The molecule has 2 fully saturated rings. The summed E-state index contributed by atoms with van der Waals surface area (Å²) in [6, 6.07) is 2.23. The second kappa shape index (κ2) is 10.4. The lowest BCUT2D eigenvalue weighted by Gasteiger charge is -2.50. The normalized spacial score (nSPS) is 25.3. The summed E-state index contributed by atoms with van der Waals surface area (Å²) in [7, 11) is 0. The van der Waals surface area contributed by atoms with Crippen molar-refractivity contribution in [1.29, 1.82) is 0 Å². The van der Waals surface area contributed by atoms with Gasteiger partial charge in [-0.15, -0.1) is 6.58 Å². The van der Waals surface area contributed by atoms with Crippen LogP contribution in [0.5, 0.6) is 0 Å². The zero-order valence-corrected chi connectivity index (χ0v) is 16.4. The molecule has 2 unspecified atom stereocenters. The summed E-state index contributed by atoms with van der Waals surface area (Å²) in [4.78, 5) is 11.5. The van der Waals surface area contributed by atoms with E-state index in [1.54, 1.807) is 11.3 Å². The number of thiophene rings is 1. The van der Waals surface area contributed by atoms with Crippen LogP contribution >= 0.6 is 11.3 Å². The van der Waals surface area contributed by atoms with E-state index in [9.17, 15) is 13.2 Å². The van der Waals surface area contributed by atoms with Crippen LogP contribution in [0.15, 0.2) is 29.5 Å². The molecule has 2 aliphatic heterocycles. The fourth-order valence-electron chi connectivity index (χ4n) is 3.71. The number of carboxylic acid groups (broad SMARTS) is 1. The summed E-state index contributed by atoms with van der Waals surface area (Å²) in [5, 5.41) is 11.5. The Hall–Kier alpha value is -1.42. The summed E-state index contributed by atoms with van der Waals surface area (Å²) >= 11 is 1.78. The SMILES string of the molecule is C=CCOCC12CCCOC1CCN(Cc1ccsc1)C2.O=C(O)C(F)(F)F. The number of piperidine rings is 1. The van der Waals surface area contributed by atoms with Crippen LogP contribution in [0.25, 0.3) is 0 Å². The van der Waals surface area contributed by atoms with Crippen LogP contribution in [-0.4, -0.2) is 61.2 Å². The van der Waals surface area contributed by atoms with Gasteiger partial charge < -0.3 is 14.6 Å². The van der Waals surface area contributed by atoms with Crippen molar-refractivity contribution < 1.29 is 32.5 Å². The third-order valence-electron chi connectivity index (χ3n) is 4.92. The molecule has 2 aliphatic rings. The van der Waals surface area contributed by atoms with Crippen molar-refractivity contribution in [2.75, 3.05) is 32.9 Å². The molecule has 2 atom stereocenters. The molecule has 158 valence electrons. The Morgan fingerprint density at radius 1 is 1.54 bits per heavy atom. The van der Waals surface area contributed by atoms with Gasteiger partial charge in [0.2, 0.25) is 0 Å². The van der Waals surface area contributed by atoms with Gasteiger partial charge in [-0.05, 0) is 41.7 Å². The van der Waals surface area contributed by atoms with Crippen LogP contribution < -0.4 is 0 Å². The largest absolute Gasteiger partial charge is 0.490 e. The van der Waals surface area contributed by atoms with E-state index in [4.69, 9.17) is 19.4 Å². The van der Waals surface area contributed by atoms with Crippen LogP contribution in [0.2, 0.25) is 0 Å². The number of likely N-dealkylation sites (tertiary alicyclic amines) is 1. The number of ether oxygens (including phenoxy) is 2. The first-order valence-corrected chi connectivity index (χ1v) is 10.0. The predicted octanol–water partition coefficient (Wildman–Crippen LogP) is 3.96. The zero-order chi connectivity index (χ0) is 20.6. The Morgan fingerprint density at radius 3 is 2.89 bits per heavy atom. The first kappa shape index (κ1) is 22.9. The number of halogens is 3. The van der Waals surface area contributed by atoms with Crippen LogP contribution in [0.4, 0.5) is 13.2 Å². The molecular formula is C19H26F3NO4S. The Morgan fingerprint density at radius 2 is 2.29 bits per heavy atom. The molecular weight excluding hydrogens is 395 g/mol. The maximum atomic E-state index is 10.6. The average Bonchev–Trinajstić information content (AvgIpc) is 3.14. The van der Waals surface area contributed by atoms with Crippen molar-refractivity contribution in [2.45, 2.75) is 38.1 Å². The van der Waals surface area contributed by atoms with E-state index in [1.807, 2.05) is 6.08 Å². The maximum absolute atomic E-state index is 10.6. The molecule has 0 amide bonds. The minimum Gasteiger partial charge on any atom is -0.475 e. The van der Waals surface area contributed by atoms with Crippen molar-refractivity contribution in [2.24, 2.45) is 5.41 Å². The number of aliphatic carboxylic acids is 1. The highest BCUT2D eigenvalue weighted by molar-refractivity contribution is 7.07. The quantitative estimate of drug-likeness (QED) is 0.557. The number of hydrogen-bond acceptors (Lipinski definition) is 5. The van der Waals surface area contributed by atoms with Gasteiger partial charge in [0.1, 0.15) is 0 Å². The van der Waals surface area contributed by atoms with Crippen molar-refractivity contribution in [3.63, 3.8) is 0 Å². The fourth-order valence-corrected chi connectivity index (χ4v) is 4.37. The molecule has 1 aromatic rings. The van der Waals surface area contributed by atoms with E-state index in [1.165, 1.54) is 12.0 Å². The predicted molar refractivity (Wildman–Crippen MR) is 100 cm³/mol. The van der Waals surface area contributed by atoms with Gasteiger partial charge in [0, 0.05) is 31.7 Å². The highest BCUT2D eigenvalue weighted by atomic mass is 32.1. The third-order valence-corrected chi connectivity index (χ3v) is 5.65. The molecule has 28 heavy (non-hydrogen) atoms. The molecule has 3 heterocycles. The van der Waals surface area contributed by atoms with Gasteiger partial charge in [0.05, 0.1) is 19.3 Å². The number of hydrogen-bond donors (Lipinski definition) is 1. The number of carboxylic acids is 1. The Labute approximate surface area is 166 Å². The Bertz CT molecular complexity index is 623. The van der Waals surface area contributed by atoms with Gasteiger partial charge in [0.15, 0.2) is 0 Å². The van der Waals surface area contributed by atoms with E-state index in [0.29, 0.717) is 12.7 Å². The number of carbonyl (C=O) groups is 1. The molecule has 2 saturated heterocycles. The van der Waals surface area contributed by atoms with Gasteiger partial charge in [0.25, 0.3) is 0 Å². The topological polar surface area (TPSA) is 59.0 Å². The zero-order valence-electron chi connectivity index (χ0n) is 15.6. The number of alkyl halides is 3. The number of nitrogens with zero attached hydrogens (tertiary/aromatic N) is 1. The smallest absolute Gasteiger partial charge is 0.475 e. The van der Waals surface area contributed by atoms with Crippen LogP contribution in [0.3, 0.4) is 0 Å². The van der Waals surface area contributed by atoms with Gasteiger partial charge in [-0.1, -0.05) is 6.08 Å². The second-order valence-electron chi connectivity index (χ2n) is 7.06. The lowest BCUT2D eigenvalue weighted by atomic mass is 9.73. The molecule has 0 radical (unpaired) electrons. The first-order chi connectivity index (χ1) is 13.3. The molecule has 5 nitrogen and oxygen atoms in total. The van der Waals surface area contributed by atoms with Crippen molar-refractivity contribution >= 4 is 17.3 Å². The Kier molecular flexibility index (Phi) is 8.48. The number of rotatable bonds is 6. The molecule has 0 saturated carbocycles. The number of fused-ring (bicyclic) bond motifs is 1. The summed E-state index contributed by atoms with van der Waals surface area (Å²) in [6.45, 7) is 9.36. The van der Waals surface area contributed by atoms with Crippen LogP contribution in [-0.2, 0) is 20.8 Å². The van der Waals surface area contributed by atoms with E-state index in [2.05, 4.69) is 28.3 Å². The van der Waals surface area contributed by atoms with E-state index in [0.717, 1.165) is 45.7 Å². The van der Waals surface area contributed by atoms with Gasteiger partial charge in [-0.2, -0.15) is 24.5 Å². The molecule has 1 N–H and O–H groups in total. The lowest BCUT2D eigenvalue weighted by Crippen LogP contribution is -2.56. The second-order valence-corrected chi connectivity index (χ2v) is 7.84. The van der Waals surface area contributed by atoms with Crippen molar-refractivity contribution in [1.82, 2.24) is 4.90 Å². The third kappa shape index (κ3) is 6.58. The summed E-state index contributed by atoms with van der Waals surface area (Å²) < 4.78 is 43.6. The molecule has 0 aromatic carbocycles. The Balaban J connectivity index is 0.000000345. The van der Waals surface area contributed by atoms with Crippen LogP contribution in [0.1, 0.15) is 24.8 Å². The van der Waals surface area contributed by atoms with E-state index < -0.39 is 12.1 Å². The standard InChI is InChI=1S/C17H25NO2S.C2HF3O2/c1-2-8-19-14-17-6-3-9-20-16(17)4-7-18(13-17)11-15-5-10-21-12-15;3-2(4,5)1(6)7/h2,5,10,12,16H,1,3-4,6-9,11,13-14H2;(H,6,7). The lowest BCUT2D eigenvalue weighted by molar-refractivity contribution is -0.192.